The molecule has 3 heterocycles. The number of aromatic amines is 1. The van der Waals surface area contributed by atoms with Gasteiger partial charge in [-0.2, -0.15) is 0 Å². The lowest BCUT2D eigenvalue weighted by atomic mass is 9.82. The topological polar surface area (TPSA) is 141 Å². The van der Waals surface area contributed by atoms with Crippen LogP contribution in [0.1, 0.15) is 58.9 Å². The molecule has 0 saturated carbocycles. The van der Waals surface area contributed by atoms with E-state index in [1.165, 1.54) is 6.92 Å². The summed E-state index contributed by atoms with van der Waals surface area (Å²) in [5.74, 6) is -0.953. The summed E-state index contributed by atoms with van der Waals surface area (Å²) in [6.07, 6.45) is 5.75. The van der Waals surface area contributed by atoms with Crippen molar-refractivity contribution in [3.05, 3.63) is 118 Å². The highest BCUT2D eigenvalue weighted by atomic mass is 16.5. The number of methoxy groups -OCH3 is 1. The van der Waals surface area contributed by atoms with E-state index in [0.717, 1.165) is 40.1 Å². The van der Waals surface area contributed by atoms with Gasteiger partial charge >= 0.3 is 5.97 Å². The minimum atomic E-state index is -1.03. The van der Waals surface area contributed by atoms with Crippen LogP contribution in [-0.2, 0) is 32.8 Å². The van der Waals surface area contributed by atoms with Gasteiger partial charge in [0.15, 0.2) is 5.78 Å². The highest BCUT2D eigenvalue weighted by Crippen LogP contribution is 2.39. The third kappa shape index (κ3) is 6.29. The first-order valence-corrected chi connectivity index (χ1v) is 15.7. The zero-order valence-corrected chi connectivity index (χ0v) is 26.9. The number of benzene rings is 3. The van der Waals surface area contributed by atoms with Crippen LogP contribution in [0, 0.1) is 0 Å². The van der Waals surface area contributed by atoms with E-state index in [2.05, 4.69) is 15.3 Å². The van der Waals surface area contributed by atoms with Gasteiger partial charge in [-0.1, -0.05) is 48.5 Å². The fourth-order valence-electron chi connectivity index (χ4n) is 6.53. The molecule has 2 aliphatic heterocycles. The predicted octanol–water partition coefficient (Wildman–Crippen LogP) is 5.58. The zero-order chi connectivity index (χ0) is 34.0. The fourth-order valence-corrected chi connectivity index (χ4v) is 6.53. The largest absolute Gasteiger partial charge is 0.496 e. The van der Waals surface area contributed by atoms with Crippen LogP contribution in [0.15, 0.2) is 95.6 Å². The third-order valence-electron chi connectivity index (χ3n) is 9.01. The molecule has 0 aliphatic carbocycles. The number of carbonyl (C=O) groups is 4. The molecule has 2 atom stereocenters. The Labute approximate surface area is 278 Å². The first-order chi connectivity index (χ1) is 23.1. The zero-order valence-electron chi connectivity index (χ0n) is 26.9. The molecule has 4 aromatic rings. The summed E-state index contributed by atoms with van der Waals surface area (Å²) in [6, 6.07) is 21.8. The number of amides is 2. The second kappa shape index (κ2) is 13.2. The van der Waals surface area contributed by atoms with Crippen molar-refractivity contribution < 1.29 is 29.0 Å². The Morgan fingerprint density at radius 1 is 1.06 bits per heavy atom. The molecule has 2 amide bonds. The van der Waals surface area contributed by atoms with Crippen LogP contribution in [0.4, 0.5) is 5.69 Å². The van der Waals surface area contributed by atoms with Crippen molar-refractivity contribution in [3.8, 4) is 17.0 Å². The van der Waals surface area contributed by atoms with Crippen LogP contribution in [0.5, 0.6) is 5.75 Å². The molecule has 0 spiro atoms. The molecule has 48 heavy (non-hydrogen) atoms. The number of nitrogens with zero attached hydrogens (tertiary/aromatic N) is 2. The van der Waals surface area contributed by atoms with Gasteiger partial charge in [-0.3, -0.25) is 24.2 Å². The number of carboxylic acid groups (broad SMARTS) is 1. The van der Waals surface area contributed by atoms with E-state index < -0.39 is 17.6 Å². The Morgan fingerprint density at radius 3 is 2.56 bits per heavy atom. The first-order valence-electron chi connectivity index (χ1n) is 15.7. The maximum atomic E-state index is 13.7. The van der Waals surface area contributed by atoms with Gasteiger partial charge in [0.1, 0.15) is 11.3 Å². The van der Waals surface area contributed by atoms with E-state index in [1.54, 1.807) is 42.6 Å². The Balaban J connectivity index is 1.17. The highest BCUT2D eigenvalue weighted by molar-refractivity contribution is 6.08. The minimum Gasteiger partial charge on any atom is -0.496 e. The van der Waals surface area contributed by atoms with Gasteiger partial charge in [0.25, 0.3) is 5.91 Å². The summed E-state index contributed by atoms with van der Waals surface area (Å²) < 4.78 is 5.72. The lowest BCUT2D eigenvalue weighted by molar-refractivity contribution is -0.137. The summed E-state index contributed by atoms with van der Waals surface area (Å²) in [5, 5.41) is 12.0. The number of hydrogen-bond acceptors (Lipinski definition) is 6. The number of aromatic nitrogens is 1. The number of Topliss-reactive ketones (excluding diaryl/α,β-unsaturated/α-hetero) is 1. The van der Waals surface area contributed by atoms with Crippen molar-refractivity contribution in [2.45, 2.75) is 44.7 Å². The molecule has 6 rings (SSSR count). The number of rotatable bonds is 11. The van der Waals surface area contributed by atoms with Crippen LogP contribution in [-0.4, -0.2) is 53.5 Å². The maximum absolute atomic E-state index is 13.7. The molecular weight excluding hydrogens is 608 g/mol. The predicted molar refractivity (Wildman–Crippen MR) is 182 cm³/mol. The van der Waals surface area contributed by atoms with Gasteiger partial charge in [0.05, 0.1) is 25.1 Å². The molecule has 0 saturated heterocycles. The molecule has 2 aliphatic rings. The lowest BCUT2D eigenvalue weighted by Gasteiger charge is -2.26. The number of carboxylic acids is 1. The molecule has 0 fully saturated rings. The van der Waals surface area contributed by atoms with E-state index in [4.69, 9.17) is 4.74 Å². The lowest BCUT2D eigenvalue weighted by Crippen LogP contribution is -2.28. The number of anilines is 1. The van der Waals surface area contributed by atoms with Crippen LogP contribution < -0.4 is 15.0 Å². The van der Waals surface area contributed by atoms with Crippen molar-refractivity contribution in [1.29, 1.82) is 0 Å². The Bertz CT molecular complexity index is 1960. The van der Waals surface area contributed by atoms with Crippen molar-refractivity contribution in [3.63, 3.8) is 0 Å². The van der Waals surface area contributed by atoms with Gasteiger partial charge in [-0.15, -0.1) is 0 Å². The number of aliphatic imine (C=N–C) groups is 1. The summed E-state index contributed by atoms with van der Waals surface area (Å²) in [7, 11) is 1.57. The summed E-state index contributed by atoms with van der Waals surface area (Å²) in [4.78, 5) is 59.8. The highest BCUT2D eigenvalue weighted by Gasteiger charge is 2.37. The van der Waals surface area contributed by atoms with Crippen molar-refractivity contribution >= 4 is 35.5 Å². The molecule has 3 aromatic carbocycles. The summed E-state index contributed by atoms with van der Waals surface area (Å²) in [6.45, 7) is 3.85. The van der Waals surface area contributed by atoms with Crippen molar-refractivity contribution in [2.75, 3.05) is 18.6 Å². The van der Waals surface area contributed by atoms with Gasteiger partial charge in [-0.05, 0) is 65.9 Å². The molecule has 3 N–H and O–H groups in total. The van der Waals surface area contributed by atoms with Crippen LogP contribution in [0.2, 0.25) is 0 Å². The smallest absolute Gasteiger partial charge is 0.305 e. The number of nitrogens with one attached hydrogen (secondary N) is 2. The number of para-hydroxylation sites is 1. The number of allylic oxidation sites excluding steroid dienone is 1. The SMILES string of the molecule is COc1cc(CC(=O)C2=CC=NC2(C)c2ccc(C(CC(=O)O)NC(C)=O)cc2)ccc1-c1cc(C(=O)N2CCc3ccccc32)c[nH]1. The standard InChI is InChI=1S/C38H36N4O6/c1-23(43)41-31(21-36(45)46)25-9-11-28(12-10-25)38(2)30(14-16-40-38)34(44)18-24-8-13-29(35(19-24)48-3)32-20-27(22-39-32)37(47)42-17-15-26-6-4-5-7-33(26)42/h4-14,16,19-20,22,31,39H,15,17-18,21H2,1-3H3,(H,41,43)(H,45,46). The number of ether oxygens (including phenoxy) is 1. The van der Waals surface area contributed by atoms with Gasteiger partial charge in [0.2, 0.25) is 5.91 Å². The summed E-state index contributed by atoms with van der Waals surface area (Å²) >= 11 is 0. The van der Waals surface area contributed by atoms with Crippen LogP contribution >= 0.6 is 0 Å². The quantitative estimate of drug-likeness (QED) is 0.195. The Morgan fingerprint density at radius 2 is 1.83 bits per heavy atom. The van der Waals surface area contributed by atoms with E-state index in [0.29, 0.717) is 29.0 Å². The number of ketones is 1. The molecule has 1 aromatic heterocycles. The fraction of sp³-hybridized carbons (Fsp3) is 0.237. The number of fused-ring (bicyclic) bond motifs is 1. The average Bonchev–Trinajstić information content (AvgIpc) is 3.83. The van der Waals surface area contributed by atoms with E-state index in [1.807, 2.05) is 67.6 Å². The molecule has 0 bridgehead atoms. The molecule has 10 nitrogen and oxygen atoms in total. The van der Waals surface area contributed by atoms with Crippen molar-refractivity contribution in [1.82, 2.24) is 10.3 Å². The van der Waals surface area contributed by atoms with Crippen LogP contribution in [0.3, 0.4) is 0 Å². The number of carbonyl (C=O) groups excluding carboxylic acids is 3. The van der Waals surface area contributed by atoms with Gasteiger partial charge in [0, 0.05) is 54.8 Å². The second-order valence-corrected chi connectivity index (χ2v) is 12.2. The van der Waals surface area contributed by atoms with E-state index in [9.17, 15) is 24.3 Å². The normalized spacial score (nSPS) is 17.1. The van der Waals surface area contributed by atoms with Crippen LogP contribution in [0.25, 0.3) is 11.3 Å². The van der Waals surface area contributed by atoms with Crippen molar-refractivity contribution in [2.24, 2.45) is 4.99 Å². The first kappa shape index (κ1) is 32.2. The Kier molecular flexibility index (Phi) is 8.82. The van der Waals surface area contributed by atoms with E-state index >= 15 is 0 Å². The minimum absolute atomic E-state index is 0.0683. The maximum Gasteiger partial charge on any atom is 0.305 e. The molecule has 244 valence electrons. The Hall–Kier alpha value is -5.77. The van der Waals surface area contributed by atoms with Gasteiger partial charge in [-0.25, -0.2) is 0 Å². The number of hydrogen-bond donors (Lipinski definition) is 3. The number of H-pyrrole nitrogens is 1. The molecule has 2 unspecified atom stereocenters. The van der Waals surface area contributed by atoms with E-state index in [-0.39, 0.29) is 30.4 Å². The molecule has 0 radical (unpaired) electrons. The molecule has 10 heteroatoms. The monoisotopic (exact) mass is 644 g/mol. The second-order valence-electron chi connectivity index (χ2n) is 12.2. The van der Waals surface area contributed by atoms with Gasteiger partial charge < -0.3 is 25.0 Å². The third-order valence-corrected chi connectivity index (χ3v) is 9.01. The summed E-state index contributed by atoms with van der Waals surface area (Å²) in [5.41, 5.74) is 5.92. The average molecular weight is 645 g/mol. The number of aliphatic carboxylic acids is 1. The molecular formula is C38H36N4O6.